The fourth-order valence-corrected chi connectivity index (χ4v) is 3.40. The summed E-state index contributed by atoms with van der Waals surface area (Å²) in [5, 5.41) is 10.5. The van der Waals surface area contributed by atoms with Gasteiger partial charge in [0.15, 0.2) is 5.76 Å². The van der Waals surface area contributed by atoms with Crippen LogP contribution in [-0.2, 0) is 9.53 Å². The Morgan fingerprint density at radius 2 is 1.93 bits per heavy atom. The van der Waals surface area contributed by atoms with Crippen LogP contribution in [0.2, 0.25) is 0 Å². The third-order valence-corrected chi connectivity index (χ3v) is 4.73. The summed E-state index contributed by atoms with van der Waals surface area (Å²) in [4.78, 5) is 16.4. The van der Waals surface area contributed by atoms with E-state index in [2.05, 4.69) is 34.7 Å². The summed E-state index contributed by atoms with van der Waals surface area (Å²) in [7, 11) is 0. The van der Waals surface area contributed by atoms with Gasteiger partial charge in [-0.3, -0.25) is 0 Å². The molecule has 0 saturated carbocycles. The van der Waals surface area contributed by atoms with Gasteiger partial charge < -0.3 is 14.4 Å². The number of rotatable bonds is 4. The number of esters is 1. The monoisotopic (exact) mass is 364 g/mol. The lowest BCUT2D eigenvalue weighted by Crippen LogP contribution is -2.13. The first kappa shape index (κ1) is 18.7. The Hall–Kier alpha value is -3.08. The minimum absolute atomic E-state index is 0.133. The molecule has 1 N–H and O–H groups in total. The van der Waals surface area contributed by atoms with Crippen LogP contribution >= 0.6 is 0 Å². The average molecular weight is 364 g/mol. The van der Waals surface area contributed by atoms with Gasteiger partial charge in [-0.1, -0.05) is 18.2 Å². The first-order chi connectivity index (χ1) is 12.8. The van der Waals surface area contributed by atoms with Gasteiger partial charge in [0.2, 0.25) is 0 Å². The topological polar surface area (TPSA) is 63.8 Å². The van der Waals surface area contributed by atoms with Gasteiger partial charge in [-0.05, 0) is 64.0 Å². The van der Waals surface area contributed by atoms with E-state index >= 15 is 0 Å². The van der Waals surface area contributed by atoms with Crippen LogP contribution in [0.15, 0.2) is 52.4 Å². The lowest BCUT2D eigenvalue weighted by molar-refractivity contribution is -0.138. The van der Waals surface area contributed by atoms with Crippen molar-refractivity contribution in [3.05, 3.63) is 69.9 Å². The molecule has 2 heterocycles. The molecule has 0 aliphatic carbocycles. The molecule has 3 rings (SSSR count). The average Bonchev–Trinajstić information content (AvgIpc) is 3.04. The number of carbonyl (C=O) groups is 1. The molecule has 0 unspecified atom stereocenters. The Balaban J connectivity index is 2.06. The van der Waals surface area contributed by atoms with Gasteiger partial charge >= 0.3 is 5.97 Å². The van der Waals surface area contributed by atoms with E-state index < -0.39 is 5.97 Å². The highest BCUT2D eigenvalue weighted by Gasteiger charge is 2.28. The van der Waals surface area contributed by atoms with E-state index in [1.807, 2.05) is 32.1 Å². The Kier molecular flexibility index (Phi) is 5.04. The van der Waals surface area contributed by atoms with Crippen molar-refractivity contribution < 1.29 is 14.6 Å². The summed E-state index contributed by atoms with van der Waals surface area (Å²) in [5.74, 6) is -0.684. The molecular weight excluding hydrogens is 340 g/mol. The lowest BCUT2D eigenvalue weighted by Gasteiger charge is -2.12. The van der Waals surface area contributed by atoms with Crippen LogP contribution in [0, 0.1) is 20.8 Å². The number of nitrogens with zero attached hydrogens (tertiary/aromatic N) is 2. The zero-order valence-electron chi connectivity index (χ0n) is 16.3. The minimum atomic E-state index is -0.551. The first-order valence-corrected chi connectivity index (χ1v) is 8.98. The van der Waals surface area contributed by atoms with Crippen molar-refractivity contribution in [2.75, 3.05) is 6.61 Å². The van der Waals surface area contributed by atoms with Gasteiger partial charge in [-0.2, -0.15) is 0 Å². The molecule has 1 aromatic heterocycles. The van der Waals surface area contributed by atoms with Crippen molar-refractivity contribution >= 4 is 17.8 Å². The zero-order chi connectivity index (χ0) is 19.7. The molecule has 0 saturated heterocycles. The van der Waals surface area contributed by atoms with Crippen molar-refractivity contribution in [1.82, 2.24) is 4.57 Å². The van der Waals surface area contributed by atoms with Crippen molar-refractivity contribution in [2.45, 2.75) is 34.6 Å². The number of hydrogen-bond donors (Lipinski definition) is 1. The second-order valence-electron chi connectivity index (χ2n) is 6.62. The minimum Gasteiger partial charge on any atom is -0.505 e. The van der Waals surface area contributed by atoms with Crippen molar-refractivity contribution in [3.63, 3.8) is 0 Å². The number of aliphatic hydroxyl groups excluding tert-OH is 1. The molecule has 1 aromatic carbocycles. The molecule has 0 radical (unpaired) electrons. The number of aromatic nitrogens is 1. The smallest absolute Gasteiger partial charge is 0.343 e. The second-order valence-corrected chi connectivity index (χ2v) is 6.62. The largest absolute Gasteiger partial charge is 0.505 e. The first-order valence-electron chi connectivity index (χ1n) is 8.98. The van der Waals surface area contributed by atoms with Crippen LogP contribution in [0.4, 0.5) is 0 Å². The molecule has 0 atom stereocenters. The number of para-hydroxylation sites is 1. The number of carbonyl (C=O) groups excluding carboxylic acids is 1. The second kappa shape index (κ2) is 7.27. The molecule has 2 aromatic rings. The van der Waals surface area contributed by atoms with Gasteiger partial charge in [0.25, 0.3) is 0 Å². The quantitative estimate of drug-likeness (QED) is 0.807. The molecule has 1 aliphatic rings. The summed E-state index contributed by atoms with van der Waals surface area (Å²) in [6.45, 7) is 9.83. The van der Waals surface area contributed by atoms with E-state index in [4.69, 9.17) is 4.74 Å². The Morgan fingerprint density at radius 1 is 1.22 bits per heavy atom. The Morgan fingerprint density at radius 3 is 2.59 bits per heavy atom. The maximum absolute atomic E-state index is 12.1. The van der Waals surface area contributed by atoms with E-state index in [0.29, 0.717) is 11.4 Å². The summed E-state index contributed by atoms with van der Waals surface area (Å²) >= 11 is 0. The SMILES string of the molecule is CCOC(=O)C1=C(O)C(=Cc2cc(C)n(-c3ccccc3C)c2C)N=C1C. The molecule has 1 aliphatic heterocycles. The highest BCUT2D eigenvalue weighted by Crippen LogP contribution is 2.29. The Bertz CT molecular complexity index is 1010. The molecular formula is C22H24N2O3. The number of aliphatic hydroxyl groups is 1. The standard InChI is InChI=1S/C22H24N2O3/c1-6-27-22(26)20-15(4)23-18(21(20)25)12-17-11-14(3)24(16(17)5)19-10-8-7-9-13(19)2/h7-12,25H,6H2,1-5H3. The maximum Gasteiger partial charge on any atom is 0.343 e. The molecule has 0 bridgehead atoms. The Labute approximate surface area is 159 Å². The van der Waals surface area contributed by atoms with Crippen LogP contribution in [0.3, 0.4) is 0 Å². The maximum atomic E-state index is 12.1. The fraction of sp³-hybridized carbons (Fsp3) is 0.273. The van der Waals surface area contributed by atoms with Crippen LogP contribution in [0.25, 0.3) is 11.8 Å². The van der Waals surface area contributed by atoms with Crippen molar-refractivity contribution in [1.29, 1.82) is 0 Å². The molecule has 5 heteroatoms. The number of ether oxygens (including phenoxy) is 1. The zero-order valence-corrected chi connectivity index (χ0v) is 16.3. The third kappa shape index (κ3) is 3.33. The highest BCUT2D eigenvalue weighted by molar-refractivity contribution is 6.22. The van der Waals surface area contributed by atoms with Gasteiger partial charge in [-0.25, -0.2) is 9.79 Å². The van der Waals surface area contributed by atoms with E-state index in [1.54, 1.807) is 13.8 Å². The van der Waals surface area contributed by atoms with E-state index in [-0.39, 0.29) is 17.9 Å². The third-order valence-electron chi connectivity index (χ3n) is 4.73. The molecule has 140 valence electrons. The lowest BCUT2D eigenvalue weighted by atomic mass is 10.1. The summed E-state index contributed by atoms with van der Waals surface area (Å²) in [6.07, 6.45) is 1.81. The molecule has 0 amide bonds. The summed E-state index contributed by atoms with van der Waals surface area (Å²) in [6, 6.07) is 10.3. The normalized spacial score (nSPS) is 15.4. The van der Waals surface area contributed by atoms with Gasteiger partial charge in [-0.15, -0.1) is 0 Å². The van der Waals surface area contributed by atoms with Crippen molar-refractivity contribution in [3.8, 4) is 5.69 Å². The summed E-state index contributed by atoms with van der Waals surface area (Å²) in [5.41, 5.74) is 6.34. The fourth-order valence-electron chi connectivity index (χ4n) is 3.40. The van der Waals surface area contributed by atoms with Crippen molar-refractivity contribution in [2.24, 2.45) is 4.99 Å². The van der Waals surface area contributed by atoms with Crippen LogP contribution in [-0.4, -0.2) is 28.0 Å². The molecule has 27 heavy (non-hydrogen) atoms. The van der Waals surface area contributed by atoms with E-state index in [0.717, 1.165) is 22.6 Å². The predicted octanol–water partition coefficient (Wildman–Crippen LogP) is 4.59. The molecule has 5 nitrogen and oxygen atoms in total. The molecule has 0 spiro atoms. The van der Waals surface area contributed by atoms with Crippen LogP contribution in [0.1, 0.15) is 36.4 Å². The number of aliphatic imine (C=N–C) groups is 1. The van der Waals surface area contributed by atoms with E-state index in [9.17, 15) is 9.90 Å². The number of aryl methyl sites for hydroxylation is 2. The highest BCUT2D eigenvalue weighted by atomic mass is 16.5. The molecule has 0 fully saturated rings. The number of hydrogen-bond acceptors (Lipinski definition) is 4. The number of benzene rings is 1. The van der Waals surface area contributed by atoms with Crippen LogP contribution in [0.5, 0.6) is 0 Å². The van der Waals surface area contributed by atoms with Crippen LogP contribution < -0.4 is 0 Å². The van der Waals surface area contributed by atoms with E-state index in [1.165, 1.54) is 5.56 Å². The summed E-state index contributed by atoms with van der Waals surface area (Å²) < 4.78 is 7.19. The van der Waals surface area contributed by atoms with Gasteiger partial charge in [0, 0.05) is 17.1 Å². The van der Waals surface area contributed by atoms with Gasteiger partial charge in [0.1, 0.15) is 11.3 Å². The van der Waals surface area contributed by atoms with Gasteiger partial charge in [0.05, 0.1) is 12.3 Å². The predicted molar refractivity (Wildman–Crippen MR) is 107 cm³/mol.